The first kappa shape index (κ1) is 17.5. The maximum atomic E-state index is 12.5. The van der Waals surface area contributed by atoms with Gasteiger partial charge in [-0.1, -0.05) is 48.0 Å². The molecule has 0 fully saturated rings. The van der Waals surface area contributed by atoms with Gasteiger partial charge in [-0.3, -0.25) is 0 Å². The van der Waals surface area contributed by atoms with E-state index in [0.29, 0.717) is 0 Å². The second kappa shape index (κ2) is 7.60. The molecular weight excluding hydrogens is 368 g/mol. The van der Waals surface area contributed by atoms with Gasteiger partial charge in [0.15, 0.2) is 0 Å². The van der Waals surface area contributed by atoms with Gasteiger partial charge in [0, 0.05) is 0 Å². The zero-order chi connectivity index (χ0) is 16.2. The van der Waals surface area contributed by atoms with Crippen LogP contribution >= 0.6 is 18.6 Å². The van der Waals surface area contributed by atoms with Crippen molar-refractivity contribution in [2.24, 2.45) is 0 Å². The molecule has 22 heavy (non-hydrogen) atoms. The number of benzene rings is 2. The molecule has 3 aromatic carbocycles. The fraction of sp³-hybridized carbons (Fsp3) is 0.0625. The van der Waals surface area contributed by atoms with Gasteiger partial charge < -0.3 is 0 Å². The minimum absolute atomic E-state index is 0.556. The van der Waals surface area contributed by atoms with Crippen LogP contribution in [-0.4, -0.2) is 0 Å². The van der Waals surface area contributed by atoms with Crippen molar-refractivity contribution in [3.63, 3.8) is 0 Å². The Labute approximate surface area is 142 Å². The zero-order valence-corrected chi connectivity index (χ0v) is 14.2. The molecule has 0 aliphatic heterocycles. The Hall–Kier alpha value is -0.866. The van der Waals surface area contributed by atoms with Crippen LogP contribution in [0.1, 0.15) is 5.56 Å². The number of halogens is 5. The second-order valence-corrected chi connectivity index (χ2v) is 7.10. The van der Waals surface area contributed by atoms with Crippen molar-refractivity contribution in [3.8, 4) is 11.1 Å². The molecule has 0 aliphatic rings. The number of hydrogen-bond donors (Lipinski definition) is 0. The molecule has 0 radical (unpaired) electrons. The first-order valence-corrected chi connectivity index (χ1v) is 10.5. The van der Waals surface area contributed by atoms with Gasteiger partial charge in [-0.05, 0) is 0 Å². The van der Waals surface area contributed by atoms with E-state index in [-0.39, 0.29) is 0 Å². The van der Waals surface area contributed by atoms with Crippen molar-refractivity contribution >= 4 is 29.4 Å². The maximum absolute atomic E-state index is 12.5. The third-order valence-corrected chi connectivity index (χ3v) is 3.16. The number of rotatable bonds is 1. The predicted molar refractivity (Wildman–Crippen MR) is 81.7 cm³/mol. The first-order valence-electron chi connectivity index (χ1n) is 6.25. The Bertz CT molecular complexity index is 700. The van der Waals surface area contributed by atoms with Crippen LogP contribution in [0.2, 0.25) is 0 Å². The number of hydrogen-bond acceptors (Lipinski definition) is 0. The van der Waals surface area contributed by atoms with E-state index in [1.54, 1.807) is 0 Å². The summed E-state index contributed by atoms with van der Waals surface area (Å²) in [5.41, 5.74) is 1.12. The molecule has 0 amide bonds. The standard InChI is InChI=1S/C16H10F3.2ClH.Ti/c17-16(18,19)15-7-5-11(6-8-15)14-9-12-3-1-2-4-13(12)10-14;;;/h1-10H;2*1H;/q-1;;;+2/p-2. The van der Waals surface area contributed by atoms with E-state index in [1.807, 2.05) is 36.4 Å². The van der Waals surface area contributed by atoms with Crippen LogP contribution in [0.15, 0.2) is 60.7 Å². The van der Waals surface area contributed by atoms with E-state index < -0.39 is 28.8 Å². The van der Waals surface area contributed by atoms with Crippen LogP contribution in [0, 0.1) is 0 Å². The summed E-state index contributed by atoms with van der Waals surface area (Å²) < 4.78 is 37.5. The van der Waals surface area contributed by atoms with Crippen molar-refractivity contribution in [3.05, 3.63) is 66.2 Å². The quantitative estimate of drug-likeness (QED) is 0.330. The molecule has 0 N–H and O–H groups in total. The van der Waals surface area contributed by atoms with Crippen LogP contribution in [0.25, 0.3) is 21.9 Å². The molecule has 0 unspecified atom stereocenters. The molecular formula is C16H10Cl2F3Ti-. The van der Waals surface area contributed by atoms with Gasteiger partial charge in [-0.2, -0.15) is 13.2 Å². The Morgan fingerprint density at radius 3 is 2.05 bits per heavy atom. The molecule has 114 valence electrons. The number of fused-ring (bicyclic) bond motifs is 1. The van der Waals surface area contributed by atoms with Crippen molar-refractivity contribution in [1.82, 2.24) is 0 Å². The summed E-state index contributed by atoms with van der Waals surface area (Å²) in [6.45, 7) is 0. The van der Waals surface area contributed by atoms with Crippen LogP contribution in [0.4, 0.5) is 13.2 Å². The SMILES string of the molecule is FC(F)(F)c1ccc(-c2cc3ccccc3[cH-]2)cc1.[Cl][Ti][Cl]. The minimum atomic E-state index is -4.28. The average molecular weight is 378 g/mol. The molecule has 0 nitrogen and oxygen atoms in total. The number of alkyl halides is 3. The summed E-state index contributed by atoms with van der Waals surface area (Å²) in [6.07, 6.45) is -4.28. The van der Waals surface area contributed by atoms with E-state index in [1.165, 1.54) is 12.1 Å². The predicted octanol–water partition coefficient (Wildman–Crippen LogP) is 6.62. The van der Waals surface area contributed by atoms with Gasteiger partial charge in [-0.15, -0.1) is 34.5 Å². The molecule has 0 bridgehead atoms. The van der Waals surface area contributed by atoms with Gasteiger partial charge >= 0.3 is 41.8 Å². The van der Waals surface area contributed by atoms with Crippen molar-refractivity contribution in [1.29, 1.82) is 0 Å². The molecule has 3 rings (SSSR count). The summed E-state index contributed by atoms with van der Waals surface area (Å²) in [5, 5.41) is 2.19. The third kappa shape index (κ3) is 4.33. The summed E-state index contributed by atoms with van der Waals surface area (Å²) >= 11 is -0.556. The van der Waals surface area contributed by atoms with Crippen LogP contribution in [-0.2, 0) is 23.2 Å². The third-order valence-electron chi connectivity index (χ3n) is 3.16. The summed E-state index contributed by atoms with van der Waals surface area (Å²) in [5.74, 6) is 0. The van der Waals surface area contributed by atoms with Crippen LogP contribution in [0.5, 0.6) is 0 Å². The molecule has 0 aromatic heterocycles. The Morgan fingerprint density at radius 2 is 1.50 bits per heavy atom. The monoisotopic (exact) mass is 377 g/mol. The van der Waals surface area contributed by atoms with Gasteiger partial charge in [-0.25, -0.2) is 0 Å². The van der Waals surface area contributed by atoms with Gasteiger partial charge in [0.05, 0.1) is 5.56 Å². The molecule has 3 aromatic rings. The molecule has 0 spiro atoms. The van der Waals surface area contributed by atoms with E-state index >= 15 is 0 Å². The van der Waals surface area contributed by atoms with Crippen molar-refractivity contribution < 1.29 is 30.2 Å². The summed E-state index contributed by atoms with van der Waals surface area (Å²) in [7, 11) is 9.78. The van der Waals surface area contributed by atoms with E-state index in [2.05, 4.69) is 0 Å². The normalized spacial score (nSPS) is 11.0. The molecule has 0 atom stereocenters. The Balaban J connectivity index is 0.000000545. The fourth-order valence-electron chi connectivity index (χ4n) is 2.17. The molecule has 0 saturated carbocycles. The Morgan fingerprint density at radius 1 is 0.909 bits per heavy atom. The van der Waals surface area contributed by atoms with Gasteiger partial charge in [0.25, 0.3) is 0 Å². The van der Waals surface area contributed by atoms with Crippen LogP contribution in [0.3, 0.4) is 0 Å². The van der Waals surface area contributed by atoms with Gasteiger partial charge in [0.1, 0.15) is 0 Å². The molecule has 6 heteroatoms. The van der Waals surface area contributed by atoms with E-state index in [9.17, 15) is 13.2 Å². The molecule has 0 saturated heterocycles. The van der Waals surface area contributed by atoms with Crippen molar-refractivity contribution in [2.45, 2.75) is 6.18 Å². The van der Waals surface area contributed by atoms with Crippen LogP contribution < -0.4 is 0 Å². The van der Waals surface area contributed by atoms with Crippen molar-refractivity contribution in [2.75, 3.05) is 0 Å². The van der Waals surface area contributed by atoms with E-state index in [0.717, 1.165) is 34.0 Å². The molecule has 0 aliphatic carbocycles. The molecule has 0 heterocycles. The summed E-state index contributed by atoms with van der Waals surface area (Å²) in [4.78, 5) is 0. The first-order chi connectivity index (χ1) is 10.5. The average Bonchev–Trinajstić information content (AvgIpc) is 2.91. The zero-order valence-electron chi connectivity index (χ0n) is 11.2. The topological polar surface area (TPSA) is 0 Å². The summed E-state index contributed by atoms with van der Waals surface area (Å²) in [6, 6.07) is 17.1. The Kier molecular flexibility index (Phi) is 6.04. The fourth-order valence-corrected chi connectivity index (χ4v) is 2.17. The van der Waals surface area contributed by atoms with E-state index in [4.69, 9.17) is 18.6 Å². The second-order valence-electron chi connectivity index (χ2n) is 4.52. The van der Waals surface area contributed by atoms with Gasteiger partial charge in [0.2, 0.25) is 0 Å².